The summed E-state index contributed by atoms with van der Waals surface area (Å²) in [7, 11) is -3.35. The lowest BCUT2D eigenvalue weighted by molar-refractivity contribution is -0.0373. The van der Waals surface area contributed by atoms with Crippen molar-refractivity contribution in [2.75, 3.05) is 26.2 Å². The van der Waals surface area contributed by atoms with Crippen LogP contribution in [0.2, 0.25) is 0 Å². The van der Waals surface area contributed by atoms with Gasteiger partial charge < -0.3 is 4.74 Å². The van der Waals surface area contributed by atoms with Gasteiger partial charge in [-0.25, -0.2) is 13.1 Å². The summed E-state index contributed by atoms with van der Waals surface area (Å²) in [4.78, 5) is 2.30. The Bertz CT molecular complexity index is 558. The van der Waals surface area contributed by atoms with E-state index in [9.17, 15) is 8.42 Å². The molecule has 7 heteroatoms. The molecule has 3 heterocycles. The fourth-order valence-electron chi connectivity index (χ4n) is 2.92. The molecular formula is C13H20N2O3S2. The van der Waals surface area contributed by atoms with Crippen molar-refractivity contribution >= 4 is 21.4 Å². The standard InChI is InChI=1S/C13H20N2O3S2/c1-10-4-7-19-13(10)20(16,17)14-5-6-15-8-11-2-3-12(9-15)18-11/h4,7,11-12,14H,2-3,5-6,8-9H2,1H3. The molecule has 2 bridgehead atoms. The molecule has 1 N–H and O–H groups in total. The number of fused-ring (bicyclic) bond motifs is 2. The molecule has 0 aliphatic carbocycles. The fraction of sp³-hybridized carbons (Fsp3) is 0.692. The first-order valence-corrected chi connectivity index (χ1v) is 9.32. The topological polar surface area (TPSA) is 58.6 Å². The first-order valence-electron chi connectivity index (χ1n) is 6.96. The minimum absolute atomic E-state index is 0.352. The zero-order chi connectivity index (χ0) is 14.2. The lowest BCUT2D eigenvalue weighted by atomic mass is 10.2. The molecule has 2 aliphatic heterocycles. The number of hydrogen-bond acceptors (Lipinski definition) is 5. The van der Waals surface area contributed by atoms with E-state index in [0.717, 1.165) is 38.0 Å². The van der Waals surface area contributed by atoms with Gasteiger partial charge in [0.1, 0.15) is 4.21 Å². The van der Waals surface area contributed by atoms with Crippen molar-refractivity contribution < 1.29 is 13.2 Å². The van der Waals surface area contributed by atoms with Gasteiger partial charge >= 0.3 is 0 Å². The summed E-state index contributed by atoms with van der Waals surface area (Å²) in [5, 5.41) is 1.81. The lowest BCUT2D eigenvalue weighted by Crippen LogP contribution is -2.45. The molecule has 1 aromatic rings. The van der Waals surface area contributed by atoms with Gasteiger partial charge in [-0.2, -0.15) is 0 Å². The minimum Gasteiger partial charge on any atom is -0.372 e. The van der Waals surface area contributed by atoms with Gasteiger partial charge in [-0.15, -0.1) is 11.3 Å². The first-order chi connectivity index (χ1) is 9.54. The predicted octanol–water partition coefficient (Wildman–Crippen LogP) is 1.20. The highest BCUT2D eigenvalue weighted by molar-refractivity contribution is 7.91. The molecule has 112 valence electrons. The molecule has 0 radical (unpaired) electrons. The average Bonchev–Trinajstić information content (AvgIpc) is 2.96. The fourth-order valence-corrected chi connectivity index (χ4v) is 5.40. The number of ether oxygens (including phenoxy) is 1. The van der Waals surface area contributed by atoms with Crippen molar-refractivity contribution in [1.82, 2.24) is 9.62 Å². The van der Waals surface area contributed by atoms with Gasteiger partial charge in [-0.3, -0.25) is 4.90 Å². The van der Waals surface area contributed by atoms with E-state index in [4.69, 9.17) is 4.74 Å². The van der Waals surface area contributed by atoms with Crippen LogP contribution in [0.1, 0.15) is 18.4 Å². The van der Waals surface area contributed by atoms with Crippen LogP contribution in [0.5, 0.6) is 0 Å². The Morgan fingerprint density at radius 2 is 2.10 bits per heavy atom. The summed E-state index contributed by atoms with van der Waals surface area (Å²) in [5.74, 6) is 0. The zero-order valence-electron chi connectivity index (χ0n) is 11.5. The molecule has 2 aliphatic rings. The normalized spacial score (nSPS) is 27.1. The van der Waals surface area contributed by atoms with Crippen molar-refractivity contribution in [3.8, 4) is 0 Å². The maximum atomic E-state index is 12.2. The first kappa shape index (κ1) is 14.5. The number of thiophene rings is 1. The highest BCUT2D eigenvalue weighted by Crippen LogP contribution is 2.26. The molecule has 0 amide bonds. The largest absolute Gasteiger partial charge is 0.372 e. The molecule has 2 atom stereocenters. The Morgan fingerprint density at radius 3 is 2.70 bits per heavy atom. The van der Waals surface area contributed by atoms with E-state index >= 15 is 0 Å². The zero-order valence-corrected chi connectivity index (χ0v) is 13.2. The smallest absolute Gasteiger partial charge is 0.250 e. The maximum absolute atomic E-state index is 12.2. The second kappa shape index (κ2) is 5.73. The highest BCUT2D eigenvalue weighted by Gasteiger charge is 2.33. The SMILES string of the molecule is Cc1ccsc1S(=O)(=O)NCCN1CC2CCC(C1)O2. The van der Waals surface area contributed by atoms with E-state index in [0.29, 0.717) is 23.0 Å². The molecule has 20 heavy (non-hydrogen) atoms. The summed E-state index contributed by atoms with van der Waals surface area (Å²) in [6.45, 7) is 4.89. The van der Waals surface area contributed by atoms with Crippen LogP contribution < -0.4 is 4.72 Å². The van der Waals surface area contributed by atoms with Crippen molar-refractivity contribution in [3.63, 3.8) is 0 Å². The average molecular weight is 316 g/mol. The van der Waals surface area contributed by atoms with E-state index in [-0.39, 0.29) is 0 Å². The van der Waals surface area contributed by atoms with Crippen LogP contribution in [0.15, 0.2) is 15.7 Å². The van der Waals surface area contributed by atoms with Gasteiger partial charge in [-0.1, -0.05) is 0 Å². The van der Waals surface area contributed by atoms with Gasteiger partial charge in [-0.05, 0) is 36.8 Å². The number of nitrogens with zero attached hydrogens (tertiary/aromatic N) is 1. The third-order valence-electron chi connectivity index (χ3n) is 3.90. The maximum Gasteiger partial charge on any atom is 0.250 e. The van der Waals surface area contributed by atoms with Gasteiger partial charge in [0, 0.05) is 26.2 Å². The molecular weight excluding hydrogens is 296 g/mol. The molecule has 0 saturated carbocycles. The van der Waals surface area contributed by atoms with Crippen molar-refractivity contribution in [2.24, 2.45) is 0 Å². The quantitative estimate of drug-likeness (QED) is 0.887. The highest BCUT2D eigenvalue weighted by atomic mass is 32.2. The molecule has 2 unspecified atom stereocenters. The summed E-state index contributed by atoms with van der Waals surface area (Å²) in [6.07, 6.45) is 2.98. The molecule has 5 nitrogen and oxygen atoms in total. The number of likely N-dealkylation sites (tertiary alicyclic amines) is 1. The Hall–Kier alpha value is -0.470. The van der Waals surface area contributed by atoms with Crippen LogP contribution in [0.4, 0.5) is 0 Å². The Balaban J connectivity index is 1.51. The van der Waals surface area contributed by atoms with Gasteiger partial charge in [0.2, 0.25) is 10.0 Å². The van der Waals surface area contributed by atoms with Crippen LogP contribution in [0, 0.1) is 6.92 Å². The van der Waals surface area contributed by atoms with Gasteiger partial charge in [0.05, 0.1) is 12.2 Å². The Morgan fingerprint density at radius 1 is 1.40 bits per heavy atom. The van der Waals surface area contributed by atoms with Crippen LogP contribution in [0.25, 0.3) is 0 Å². The summed E-state index contributed by atoms with van der Waals surface area (Å²) >= 11 is 1.27. The molecule has 2 saturated heterocycles. The third-order valence-corrected chi connectivity index (χ3v) is 7.05. The van der Waals surface area contributed by atoms with E-state index in [1.54, 1.807) is 0 Å². The lowest BCUT2D eigenvalue weighted by Gasteiger charge is -2.31. The van der Waals surface area contributed by atoms with Crippen LogP contribution in [0.3, 0.4) is 0 Å². The molecule has 2 fully saturated rings. The molecule has 3 rings (SSSR count). The monoisotopic (exact) mass is 316 g/mol. The van der Waals surface area contributed by atoms with E-state index in [2.05, 4.69) is 9.62 Å². The van der Waals surface area contributed by atoms with Crippen molar-refractivity contribution in [2.45, 2.75) is 36.2 Å². The van der Waals surface area contributed by atoms with E-state index < -0.39 is 10.0 Å². The van der Waals surface area contributed by atoms with E-state index in [1.165, 1.54) is 11.3 Å². The third kappa shape index (κ3) is 3.07. The molecule has 0 aromatic carbocycles. The molecule has 1 aromatic heterocycles. The van der Waals surface area contributed by atoms with Gasteiger partial charge in [0.25, 0.3) is 0 Å². The molecule has 0 spiro atoms. The van der Waals surface area contributed by atoms with Crippen molar-refractivity contribution in [3.05, 3.63) is 17.0 Å². The van der Waals surface area contributed by atoms with Crippen LogP contribution >= 0.6 is 11.3 Å². The second-order valence-corrected chi connectivity index (χ2v) is 8.38. The summed E-state index contributed by atoms with van der Waals surface area (Å²) in [6, 6.07) is 1.83. The number of nitrogens with one attached hydrogen (secondary N) is 1. The summed E-state index contributed by atoms with van der Waals surface area (Å²) < 4.78 is 33.2. The number of hydrogen-bond donors (Lipinski definition) is 1. The number of rotatable bonds is 5. The van der Waals surface area contributed by atoms with Crippen LogP contribution in [-0.2, 0) is 14.8 Å². The summed E-state index contributed by atoms with van der Waals surface area (Å²) in [5.41, 5.74) is 0.812. The Kier molecular flexibility index (Phi) is 4.14. The minimum atomic E-state index is -3.35. The van der Waals surface area contributed by atoms with Gasteiger partial charge in [0.15, 0.2) is 0 Å². The predicted molar refractivity (Wildman–Crippen MR) is 78.6 cm³/mol. The number of sulfonamides is 1. The van der Waals surface area contributed by atoms with Crippen LogP contribution in [-0.4, -0.2) is 51.7 Å². The second-order valence-electron chi connectivity index (χ2n) is 5.51. The number of aryl methyl sites for hydroxylation is 1. The van der Waals surface area contributed by atoms with E-state index in [1.807, 2.05) is 18.4 Å². The Labute approximate surface area is 124 Å². The number of morpholine rings is 1. The van der Waals surface area contributed by atoms with Crippen molar-refractivity contribution in [1.29, 1.82) is 0 Å².